The summed E-state index contributed by atoms with van der Waals surface area (Å²) in [6, 6.07) is 7.56. The van der Waals surface area contributed by atoms with Gasteiger partial charge in [0.2, 0.25) is 0 Å². The SMILES string of the molecule is C[C@@H]1O[C@@H](OC[C@H]2O[C@@H](OCCc3ccc(O)c(O)c3)[C@H](O[C@H]3OC[C@@H](O)[C@@H](O)[C@@H]3O)[C@@H](O[C@@H]3O[C@H](CO)[C@@H](O)[C@H](O)[C@H]3O)[C@@H]2OC(=O)C=Cc2ccc(O)c(O)c2)[C@H](O)[C@H](O)[C@H]1O. The van der Waals surface area contributed by atoms with Crippen molar-refractivity contribution in [3.63, 3.8) is 0 Å². The number of aromatic hydroxyl groups is 4. The Morgan fingerprint density at radius 1 is 0.641 bits per heavy atom. The summed E-state index contributed by atoms with van der Waals surface area (Å²) in [6.07, 6.45) is -31.3. The molecule has 4 heterocycles. The quantitative estimate of drug-likeness (QED) is 0.0453. The lowest BCUT2D eigenvalue weighted by molar-refractivity contribution is -0.389. The van der Waals surface area contributed by atoms with Crippen LogP contribution in [0.4, 0.5) is 0 Å². The van der Waals surface area contributed by atoms with Gasteiger partial charge in [0.05, 0.1) is 32.5 Å². The Morgan fingerprint density at radius 3 is 1.95 bits per heavy atom. The van der Waals surface area contributed by atoms with E-state index < -0.39 is 166 Å². The number of aliphatic hydroxyl groups excluding tert-OH is 10. The Kier molecular flexibility index (Phi) is 16.7. The second kappa shape index (κ2) is 21.6. The summed E-state index contributed by atoms with van der Waals surface area (Å²) in [7, 11) is 0. The van der Waals surface area contributed by atoms with Crippen molar-refractivity contribution >= 4 is 12.0 Å². The van der Waals surface area contributed by atoms with Gasteiger partial charge < -0.3 is 114 Å². The molecule has 0 aromatic heterocycles. The highest BCUT2D eigenvalue weighted by Gasteiger charge is 2.56. The summed E-state index contributed by atoms with van der Waals surface area (Å²) >= 11 is 0. The van der Waals surface area contributed by atoms with E-state index in [4.69, 9.17) is 42.6 Å². The van der Waals surface area contributed by atoms with E-state index in [9.17, 15) is 76.3 Å². The Labute approximate surface area is 363 Å². The fourth-order valence-corrected chi connectivity index (χ4v) is 7.32. The lowest BCUT2D eigenvalue weighted by atomic mass is 9.96. The molecule has 358 valence electrons. The van der Waals surface area contributed by atoms with E-state index in [0.717, 1.165) is 18.2 Å². The lowest BCUT2D eigenvalue weighted by Gasteiger charge is -2.49. The number of rotatable bonds is 15. The van der Waals surface area contributed by atoms with Gasteiger partial charge >= 0.3 is 5.97 Å². The summed E-state index contributed by atoms with van der Waals surface area (Å²) in [5.74, 6) is -2.96. The first-order valence-electron chi connectivity index (χ1n) is 20.2. The Hall–Kier alpha value is -3.87. The zero-order valence-electron chi connectivity index (χ0n) is 34.0. The van der Waals surface area contributed by atoms with Gasteiger partial charge in [-0.3, -0.25) is 0 Å². The molecular formula is C40H54O24. The zero-order chi connectivity index (χ0) is 46.6. The van der Waals surface area contributed by atoms with Crippen molar-refractivity contribution in [3.8, 4) is 23.0 Å². The molecule has 4 aliphatic heterocycles. The Balaban J connectivity index is 1.40. The van der Waals surface area contributed by atoms with Gasteiger partial charge in [0.1, 0.15) is 79.4 Å². The van der Waals surface area contributed by atoms with Crippen LogP contribution < -0.4 is 0 Å². The molecule has 6 rings (SSSR count). The molecule has 0 bridgehead atoms. The Morgan fingerprint density at radius 2 is 1.27 bits per heavy atom. The minimum absolute atomic E-state index is 0.0174. The monoisotopic (exact) mass is 918 g/mol. The molecule has 4 fully saturated rings. The van der Waals surface area contributed by atoms with E-state index >= 15 is 0 Å². The van der Waals surface area contributed by atoms with Gasteiger partial charge in [-0.2, -0.15) is 0 Å². The molecule has 0 unspecified atom stereocenters. The minimum atomic E-state index is -2.08. The van der Waals surface area contributed by atoms with Crippen molar-refractivity contribution in [2.24, 2.45) is 0 Å². The molecule has 2 aromatic rings. The first kappa shape index (κ1) is 49.6. The molecule has 0 aliphatic carbocycles. The van der Waals surface area contributed by atoms with Crippen molar-refractivity contribution in [3.05, 3.63) is 53.6 Å². The largest absolute Gasteiger partial charge is 0.504 e. The number of esters is 1. The number of carbonyl (C=O) groups excluding carboxylic acids is 1. The summed E-state index contributed by atoms with van der Waals surface area (Å²) < 4.78 is 53.3. The molecule has 0 amide bonds. The third-order valence-electron chi connectivity index (χ3n) is 11.1. The van der Waals surface area contributed by atoms with Crippen LogP contribution in [0.3, 0.4) is 0 Å². The molecule has 24 nitrogen and oxygen atoms in total. The van der Waals surface area contributed by atoms with Crippen molar-refractivity contribution in [1.29, 1.82) is 0 Å². The fourth-order valence-electron chi connectivity index (χ4n) is 7.32. The van der Waals surface area contributed by atoms with Crippen LogP contribution in [0.15, 0.2) is 42.5 Å². The van der Waals surface area contributed by atoms with Gasteiger partial charge in [0, 0.05) is 6.08 Å². The van der Waals surface area contributed by atoms with Crippen LogP contribution in [0.5, 0.6) is 23.0 Å². The maximum atomic E-state index is 13.7. The van der Waals surface area contributed by atoms with Crippen molar-refractivity contribution < 1.29 is 119 Å². The second-order valence-corrected chi connectivity index (χ2v) is 15.6. The first-order valence-corrected chi connectivity index (χ1v) is 20.2. The topological polar surface area (TPSA) is 383 Å². The summed E-state index contributed by atoms with van der Waals surface area (Å²) in [5, 5.41) is 145. The average Bonchev–Trinajstić information content (AvgIpc) is 3.27. The van der Waals surface area contributed by atoms with Gasteiger partial charge in [0.15, 0.2) is 54.3 Å². The van der Waals surface area contributed by atoms with E-state index in [0.29, 0.717) is 5.56 Å². The zero-order valence-corrected chi connectivity index (χ0v) is 34.0. The van der Waals surface area contributed by atoms with E-state index in [1.54, 1.807) is 0 Å². The van der Waals surface area contributed by atoms with Crippen LogP contribution in [0.2, 0.25) is 0 Å². The molecular weight excluding hydrogens is 864 g/mol. The molecule has 14 N–H and O–H groups in total. The number of hydrogen-bond donors (Lipinski definition) is 14. The van der Waals surface area contributed by atoms with Crippen LogP contribution in [-0.4, -0.2) is 221 Å². The summed E-state index contributed by atoms with van der Waals surface area (Å²) in [4.78, 5) is 13.7. The number of phenolic OH excluding ortho intramolecular Hbond substituents is 4. The highest BCUT2D eigenvalue weighted by Crippen LogP contribution is 2.36. The van der Waals surface area contributed by atoms with Crippen LogP contribution in [-0.2, 0) is 53.8 Å². The highest BCUT2D eigenvalue weighted by atomic mass is 16.8. The van der Waals surface area contributed by atoms with E-state index in [1.165, 1.54) is 37.3 Å². The third-order valence-corrected chi connectivity index (χ3v) is 11.1. The highest BCUT2D eigenvalue weighted by molar-refractivity contribution is 5.87. The maximum Gasteiger partial charge on any atom is 0.331 e. The van der Waals surface area contributed by atoms with Gasteiger partial charge in [-0.05, 0) is 54.8 Å². The summed E-state index contributed by atoms with van der Waals surface area (Å²) in [6.45, 7) is -1.09. The minimum Gasteiger partial charge on any atom is -0.504 e. The predicted octanol–water partition coefficient (Wildman–Crippen LogP) is -4.73. The second-order valence-electron chi connectivity index (χ2n) is 15.6. The molecule has 19 atom stereocenters. The molecule has 4 saturated heterocycles. The van der Waals surface area contributed by atoms with Gasteiger partial charge in [-0.15, -0.1) is 0 Å². The number of hydrogen-bond acceptors (Lipinski definition) is 24. The number of ether oxygens (including phenoxy) is 9. The maximum absolute atomic E-state index is 13.7. The molecule has 0 spiro atoms. The van der Waals surface area contributed by atoms with Crippen molar-refractivity contribution in [2.75, 3.05) is 26.4 Å². The summed E-state index contributed by atoms with van der Waals surface area (Å²) in [5.41, 5.74) is 0.653. The molecule has 0 saturated carbocycles. The fraction of sp³-hybridized carbons (Fsp3) is 0.625. The van der Waals surface area contributed by atoms with E-state index in [1.807, 2.05) is 0 Å². The van der Waals surface area contributed by atoms with Crippen LogP contribution >= 0.6 is 0 Å². The Bertz CT molecular complexity index is 1870. The van der Waals surface area contributed by atoms with Crippen LogP contribution in [0.25, 0.3) is 6.08 Å². The molecule has 64 heavy (non-hydrogen) atoms. The van der Waals surface area contributed by atoms with E-state index in [-0.39, 0.29) is 18.6 Å². The normalized spacial score (nSPS) is 39.5. The average molecular weight is 919 g/mol. The number of benzene rings is 2. The standard InChI is InChI=1S/C40H54O24/c1-15-26(48)29(51)32(54)37(59-15)58-14-24-34(62-25(47)7-4-16-2-5-18(42)20(44)10-16)35(63-39-33(55)30(52)28(50)23(12-41)60-39)36(64-38-31(53)27(49)22(46)13-57-38)40(61-24)56-9-8-17-3-6-19(43)21(45)11-17/h2-7,10-11,15,22-24,26-46,48-55H,8-9,12-14H2,1H3/t15-,22+,23+,24+,26-,27+,28+,29+,30-,31-,32+,33+,34+,35-,36+,37+,38+,39-,40+/m0/s1. The predicted molar refractivity (Wildman–Crippen MR) is 206 cm³/mol. The molecule has 4 aliphatic rings. The van der Waals surface area contributed by atoms with Gasteiger partial charge in [0.25, 0.3) is 0 Å². The van der Waals surface area contributed by atoms with Gasteiger partial charge in [-0.25, -0.2) is 4.79 Å². The molecule has 2 aromatic carbocycles. The number of phenols is 4. The smallest absolute Gasteiger partial charge is 0.331 e. The number of carbonyl (C=O) groups is 1. The van der Waals surface area contributed by atoms with Crippen LogP contribution in [0, 0.1) is 0 Å². The first-order chi connectivity index (χ1) is 30.4. The number of aliphatic hydroxyl groups is 10. The molecule has 24 heteroatoms. The van der Waals surface area contributed by atoms with Crippen molar-refractivity contribution in [2.45, 2.75) is 130 Å². The molecule has 0 radical (unpaired) electrons. The van der Waals surface area contributed by atoms with E-state index in [2.05, 4.69) is 0 Å². The van der Waals surface area contributed by atoms with Gasteiger partial charge in [-0.1, -0.05) is 12.1 Å². The van der Waals surface area contributed by atoms with Crippen LogP contribution in [0.1, 0.15) is 18.1 Å². The third kappa shape index (κ3) is 11.4. The lowest BCUT2D eigenvalue weighted by Crippen LogP contribution is -2.67. The van der Waals surface area contributed by atoms with Crippen molar-refractivity contribution in [1.82, 2.24) is 0 Å².